The molecule has 0 spiro atoms. The minimum atomic E-state index is 0.646. The van der Waals surface area contributed by atoms with Gasteiger partial charge in [0.25, 0.3) is 0 Å². The third kappa shape index (κ3) is 2.79. The molecule has 120 valence electrons. The largest absolute Gasteiger partial charge is 0.492 e. The van der Waals surface area contributed by atoms with Gasteiger partial charge in [-0.2, -0.15) is 5.10 Å². The Labute approximate surface area is 139 Å². The van der Waals surface area contributed by atoms with Crippen LogP contribution in [0.15, 0.2) is 30.6 Å². The lowest BCUT2D eigenvalue weighted by molar-refractivity contribution is 0.340. The molecule has 1 aliphatic rings. The summed E-state index contributed by atoms with van der Waals surface area (Å²) in [7, 11) is 0. The van der Waals surface area contributed by atoms with Crippen molar-refractivity contribution in [3.8, 4) is 5.75 Å². The topological polar surface area (TPSA) is 43.2 Å². The third-order valence-corrected chi connectivity index (χ3v) is 5.19. The van der Waals surface area contributed by atoms with Crippen molar-refractivity contribution in [1.29, 1.82) is 0 Å². The van der Waals surface area contributed by atoms with E-state index in [-0.39, 0.29) is 0 Å². The summed E-state index contributed by atoms with van der Waals surface area (Å²) in [6, 6.07) is 6.14. The highest BCUT2D eigenvalue weighted by atomic mass is 32.1. The molecule has 0 unspecified atom stereocenters. The predicted molar refractivity (Wildman–Crippen MR) is 93.5 cm³/mol. The van der Waals surface area contributed by atoms with Crippen molar-refractivity contribution in [1.82, 2.24) is 14.8 Å². The molecule has 1 fully saturated rings. The van der Waals surface area contributed by atoms with E-state index < -0.39 is 0 Å². The molecule has 5 nitrogen and oxygen atoms in total. The summed E-state index contributed by atoms with van der Waals surface area (Å²) in [5.41, 5.74) is 2.20. The van der Waals surface area contributed by atoms with Gasteiger partial charge in [0.15, 0.2) is 5.13 Å². The van der Waals surface area contributed by atoms with E-state index in [1.807, 2.05) is 29.9 Å². The first-order chi connectivity index (χ1) is 11.2. The van der Waals surface area contributed by atoms with Crippen molar-refractivity contribution in [2.24, 2.45) is 5.92 Å². The fraction of sp³-hybridized carbons (Fsp3) is 0.412. The average Bonchev–Trinajstić information content (AvgIpc) is 3.09. The molecule has 3 aromatic rings. The van der Waals surface area contributed by atoms with Crippen LogP contribution in [0.2, 0.25) is 0 Å². The van der Waals surface area contributed by atoms with Crippen molar-refractivity contribution in [3.63, 3.8) is 0 Å². The lowest BCUT2D eigenvalue weighted by Crippen LogP contribution is -2.48. The van der Waals surface area contributed by atoms with Gasteiger partial charge in [-0.05, 0) is 31.5 Å². The van der Waals surface area contributed by atoms with Crippen LogP contribution in [0.4, 0.5) is 5.13 Å². The van der Waals surface area contributed by atoms with Crippen molar-refractivity contribution in [2.75, 3.05) is 24.6 Å². The first-order valence-electron chi connectivity index (χ1n) is 7.99. The van der Waals surface area contributed by atoms with Crippen LogP contribution >= 0.6 is 11.3 Å². The van der Waals surface area contributed by atoms with Gasteiger partial charge in [-0.3, -0.25) is 4.68 Å². The number of benzene rings is 1. The standard InChI is InChI=1S/C17H20N4OS/c1-3-22-14-5-4-6-15-16(14)19-17(23-15)20-9-13(10-20)11-21-8-12(2)7-18-21/h4-8,13H,3,9-11H2,1-2H3. The highest BCUT2D eigenvalue weighted by Gasteiger charge is 2.29. The van der Waals surface area contributed by atoms with Gasteiger partial charge in [-0.15, -0.1) is 0 Å². The SMILES string of the molecule is CCOc1cccc2sc(N3CC(Cn4cc(C)cn4)C3)nc12. The summed E-state index contributed by atoms with van der Waals surface area (Å²) < 4.78 is 8.92. The second-order valence-corrected chi connectivity index (χ2v) is 7.05. The number of ether oxygens (including phenoxy) is 1. The molecule has 6 heteroatoms. The lowest BCUT2D eigenvalue weighted by Gasteiger charge is -2.39. The Morgan fingerprint density at radius 3 is 2.96 bits per heavy atom. The molecule has 0 amide bonds. The van der Waals surface area contributed by atoms with Crippen LogP contribution in [0.25, 0.3) is 10.2 Å². The number of hydrogen-bond donors (Lipinski definition) is 0. The molecule has 0 saturated carbocycles. The number of thiazole rings is 1. The Morgan fingerprint density at radius 1 is 1.35 bits per heavy atom. The number of hydrogen-bond acceptors (Lipinski definition) is 5. The molecule has 0 atom stereocenters. The van der Waals surface area contributed by atoms with Gasteiger partial charge in [0.05, 0.1) is 17.5 Å². The zero-order valence-corrected chi connectivity index (χ0v) is 14.2. The molecule has 1 aliphatic heterocycles. The summed E-state index contributed by atoms with van der Waals surface area (Å²) in [5, 5.41) is 5.47. The molecule has 2 aromatic heterocycles. The smallest absolute Gasteiger partial charge is 0.186 e. The first kappa shape index (κ1) is 14.5. The van der Waals surface area contributed by atoms with Crippen molar-refractivity contribution >= 4 is 26.7 Å². The molecule has 4 rings (SSSR count). The van der Waals surface area contributed by atoms with E-state index in [4.69, 9.17) is 9.72 Å². The second kappa shape index (κ2) is 5.85. The minimum absolute atomic E-state index is 0.646. The van der Waals surface area contributed by atoms with E-state index in [1.54, 1.807) is 11.3 Å². The van der Waals surface area contributed by atoms with E-state index in [9.17, 15) is 0 Å². The van der Waals surface area contributed by atoms with Crippen LogP contribution in [0.1, 0.15) is 12.5 Å². The quantitative estimate of drug-likeness (QED) is 0.720. The fourth-order valence-electron chi connectivity index (χ4n) is 2.99. The zero-order chi connectivity index (χ0) is 15.8. The van der Waals surface area contributed by atoms with E-state index in [2.05, 4.69) is 29.2 Å². The van der Waals surface area contributed by atoms with Gasteiger partial charge in [0.2, 0.25) is 0 Å². The number of rotatable bonds is 5. The molecule has 0 N–H and O–H groups in total. The summed E-state index contributed by atoms with van der Waals surface area (Å²) in [6.07, 6.45) is 4.02. The number of para-hydroxylation sites is 1. The summed E-state index contributed by atoms with van der Waals surface area (Å²) >= 11 is 1.75. The van der Waals surface area contributed by atoms with Crippen LogP contribution < -0.4 is 9.64 Å². The van der Waals surface area contributed by atoms with Crippen LogP contribution in [0.3, 0.4) is 0 Å². The van der Waals surface area contributed by atoms with E-state index in [0.717, 1.165) is 36.0 Å². The van der Waals surface area contributed by atoms with E-state index in [1.165, 1.54) is 10.3 Å². The number of fused-ring (bicyclic) bond motifs is 1. The Bertz CT molecular complexity index is 819. The van der Waals surface area contributed by atoms with E-state index in [0.29, 0.717) is 12.5 Å². The van der Waals surface area contributed by atoms with Crippen LogP contribution in [-0.2, 0) is 6.54 Å². The monoisotopic (exact) mass is 328 g/mol. The number of nitrogens with zero attached hydrogens (tertiary/aromatic N) is 4. The van der Waals surface area contributed by atoms with Gasteiger partial charge in [-0.25, -0.2) is 4.98 Å². The maximum absolute atomic E-state index is 5.68. The maximum Gasteiger partial charge on any atom is 0.186 e. The van der Waals surface area contributed by atoms with Gasteiger partial charge >= 0.3 is 0 Å². The average molecular weight is 328 g/mol. The van der Waals surface area contributed by atoms with Crippen molar-refractivity contribution in [3.05, 3.63) is 36.2 Å². The Kier molecular flexibility index (Phi) is 3.69. The molecule has 23 heavy (non-hydrogen) atoms. The minimum Gasteiger partial charge on any atom is -0.492 e. The summed E-state index contributed by atoms with van der Waals surface area (Å²) in [5.74, 6) is 1.53. The lowest BCUT2D eigenvalue weighted by atomic mass is 10.0. The molecule has 0 aliphatic carbocycles. The molecule has 0 radical (unpaired) electrons. The van der Waals surface area contributed by atoms with Gasteiger partial charge in [0.1, 0.15) is 11.3 Å². The Balaban J connectivity index is 1.45. The first-order valence-corrected chi connectivity index (χ1v) is 8.81. The molecular weight excluding hydrogens is 308 g/mol. The van der Waals surface area contributed by atoms with Crippen LogP contribution in [0.5, 0.6) is 5.75 Å². The summed E-state index contributed by atoms with van der Waals surface area (Å²) in [6.45, 7) is 7.82. The number of aromatic nitrogens is 3. The van der Waals surface area contributed by atoms with Crippen LogP contribution in [-0.4, -0.2) is 34.5 Å². The molecular formula is C17H20N4OS. The highest BCUT2D eigenvalue weighted by Crippen LogP contribution is 2.36. The van der Waals surface area contributed by atoms with Gasteiger partial charge in [-0.1, -0.05) is 17.4 Å². The van der Waals surface area contributed by atoms with Crippen molar-refractivity contribution in [2.45, 2.75) is 20.4 Å². The summed E-state index contributed by atoms with van der Waals surface area (Å²) in [4.78, 5) is 7.14. The third-order valence-electron chi connectivity index (χ3n) is 4.11. The van der Waals surface area contributed by atoms with Crippen molar-refractivity contribution < 1.29 is 4.74 Å². The Morgan fingerprint density at radius 2 is 2.22 bits per heavy atom. The number of aryl methyl sites for hydroxylation is 1. The normalized spacial score (nSPS) is 15.1. The molecule has 0 bridgehead atoms. The zero-order valence-electron chi connectivity index (χ0n) is 13.4. The second-order valence-electron chi connectivity index (χ2n) is 6.04. The Hall–Kier alpha value is -2.08. The molecule has 1 aromatic carbocycles. The highest BCUT2D eigenvalue weighted by molar-refractivity contribution is 7.22. The maximum atomic E-state index is 5.68. The van der Waals surface area contributed by atoms with Gasteiger partial charge in [0, 0.05) is 31.7 Å². The fourth-order valence-corrected chi connectivity index (χ4v) is 3.99. The van der Waals surface area contributed by atoms with Crippen LogP contribution in [0, 0.1) is 12.8 Å². The molecule has 1 saturated heterocycles. The predicted octanol–water partition coefficient (Wildman–Crippen LogP) is 3.34. The molecule has 3 heterocycles. The van der Waals surface area contributed by atoms with Gasteiger partial charge < -0.3 is 9.64 Å². The number of anilines is 1. The van der Waals surface area contributed by atoms with E-state index >= 15 is 0 Å².